The second kappa shape index (κ2) is 12.3. The Labute approximate surface area is 191 Å². The third kappa shape index (κ3) is 7.41. The van der Waals surface area contributed by atoms with Gasteiger partial charge in [0.15, 0.2) is 0 Å². The first-order valence-electron chi connectivity index (χ1n) is 12.8. The second-order valence-corrected chi connectivity index (χ2v) is 10.1. The Bertz CT molecular complexity index is 746. The molecule has 170 valence electrons. The molecule has 2 saturated carbocycles. The molecule has 0 aliphatic heterocycles. The van der Waals surface area contributed by atoms with Crippen LogP contribution in [0.25, 0.3) is 0 Å². The molecule has 1 nitrogen and oxygen atoms in total. The topological polar surface area (TPSA) is 9.23 Å². The molecular formula is C30H44O. The molecule has 31 heavy (non-hydrogen) atoms. The first-order valence-corrected chi connectivity index (χ1v) is 12.8. The minimum atomic E-state index is 0.840. The van der Waals surface area contributed by atoms with Gasteiger partial charge in [-0.2, -0.15) is 0 Å². The Kier molecular flexibility index (Phi) is 9.50. The SMILES string of the molecule is CCCC1CCC(C2CCC(c3cccc(C)c3)CC2)CC1.COc1ccc(C)cc1. The van der Waals surface area contributed by atoms with Gasteiger partial charge in [0, 0.05) is 0 Å². The lowest BCUT2D eigenvalue weighted by molar-refractivity contribution is 0.156. The fourth-order valence-corrected chi connectivity index (χ4v) is 5.88. The van der Waals surface area contributed by atoms with E-state index in [1.165, 1.54) is 75.3 Å². The smallest absolute Gasteiger partial charge is 0.118 e. The average molecular weight is 421 g/mol. The summed E-state index contributed by atoms with van der Waals surface area (Å²) in [4.78, 5) is 0. The number of benzene rings is 2. The van der Waals surface area contributed by atoms with Gasteiger partial charge in [-0.25, -0.2) is 0 Å². The summed E-state index contributed by atoms with van der Waals surface area (Å²) in [5, 5.41) is 0. The Hall–Kier alpha value is -1.76. The van der Waals surface area contributed by atoms with Gasteiger partial charge in [0.05, 0.1) is 7.11 Å². The lowest BCUT2D eigenvalue weighted by atomic mass is 9.68. The van der Waals surface area contributed by atoms with Crippen molar-refractivity contribution in [2.45, 2.75) is 90.9 Å². The molecule has 2 fully saturated rings. The average Bonchev–Trinajstić information content (AvgIpc) is 2.81. The van der Waals surface area contributed by atoms with E-state index in [2.05, 4.69) is 45.0 Å². The van der Waals surface area contributed by atoms with Crippen molar-refractivity contribution in [2.75, 3.05) is 7.11 Å². The maximum Gasteiger partial charge on any atom is 0.118 e. The molecule has 2 aromatic carbocycles. The summed E-state index contributed by atoms with van der Waals surface area (Å²) in [5.74, 6) is 4.92. The van der Waals surface area contributed by atoms with Crippen LogP contribution in [-0.4, -0.2) is 7.11 Å². The highest BCUT2D eigenvalue weighted by molar-refractivity contribution is 5.26. The molecule has 0 heterocycles. The zero-order chi connectivity index (χ0) is 22.1. The van der Waals surface area contributed by atoms with E-state index in [1.54, 1.807) is 12.7 Å². The summed E-state index contributed by atoms with van der Waals surface area (Å²) in [7, 11) is 1.67. The Morgan fingerprint density at radius 2 is 1.35 bits per heavy atom. The summed E-state index contributed by atoms with van der Waals surface area (Å²) in [5.41, 5.74) is 4.29. The lowest BCUT2D eigenvalue weighted by Crippen LogP contribution is -2.25. The van der Waals surface area contributed by atoms with E-state index in [-0.39, 0.29) is 0 Å². The van der Waals surface area contributed by atoms with Gasteiger partial charge in [-0.1, -0.05) is 80.1 Å². The standard InChI is InChI=1S/C22H34.C8H10O/c1-3-5-18-8-10-19(11-9-18)20-12-14-21(15-13-20)22-7-4-6-17(2)16-22;1-7-3-5-8(9-2)6-4-7/h4,6-7,16,18-21H,3,5,8-15H2,1-2H3;3-6H,1-2H3. The molecule has 4 rings (SSSR count). The molecule has 0 unspecified atom stereocenters. The quantitative estimate of drug-likeness (QED) is 0.469. The monoisotopic (exact) mass is 420 g/mol. The molecule has 0 aromatic heterocycles. The fraction of sp³-hybridized carbons (Fsp3) is 0.600. The van der Waals surface area contributed by atoms with E-state index in [4.69, 9.17) is 4.74 Å². The maximum atomic E-state index is 4.97. The molecule has 0 spiro atoms. The van der Waals surface area contributed by atoms with Crippen LogP contribution in [0.1, 0.15) is 93.7 Å². The van der Waals surface area contributed by atoms with E-state index in [9.17, 15) is 0 Å². The van der Waals surface area contributed by atoms with Crippen molar-refractivity contribution in [1.82, 2.24) is 0 Å². The van der Waals surface area contributed by atoms with Crippen LogP contribution in [0.5, 0.6) is 5.75 Å². The van der Waals surface area contributed by atoms with Crippen molar-refractivity contribution in [3.8, 4) is 5.75 Å². The lowest BCUT2D eigenvalue weighted by Gasteiger charge is -2.38. The molecule has 0 saturated heterocycles. The molecule has 2 aliphatic carbocycles. The number of ether oxygens (including phenoxy) is 1. The highest BCUT2D eigenvalue weighted by atomic mass is 16.5. The molecule has 2 aliphatic rings. The van der Waals surface area contributed by atoms with Gasteiger partial charge in [-0.3, -0.25) is 0 Å². The van der Waals surface area contributed by atoms with Crippen molar-refractivity contribution >= 4 is 0 Å². The van der Waals surface area contributed by atoms with Crippen LogP contribution in [0.3, 0.4) is 0 Å². The second-order valence-electron chi connectivity index (χ2n) is 10.1. The Morgan fingerprint density at radius 3 is 1.90 bits per heavy atom. The zero-order valence-electron chi connectivity index (χ0n) is 20.4. The van der Waals surface area contributed by atoms with Crippen molar-refractivity contribution in [3.05, 3.63) is 65.2 Å². The number of rotatable bonds is 5. The molecule has 0 atom stereocenters. The predicted octanol–water partition coefficient (Wildman–Crippen LogP) is 8.88. The van der Waals surface area contributed by atoms with Crippen LogP contribution in [-0.2, 0) is 0 Å². The summed E-state index contributed by atoms with van der Waals surface area (Å²) in [6.07, 6.45) is 14.8. The Morgan fingerprint density at radius 1 is 0.742 bits per heavy atom. The van der Waals surface area contributed by atoms with Gasteiger partial charge in [-0.05, 0) is 93.7 Å². The molecule has 2 aromatic rings. The van der Waals surface area contributed by atoms with Crippen LogP contribution in [0.2, 0.25) is 0 Å². The number of methoxy groups -OCH3 is 1. The maximum absolute atomic E-state index is 4.97. The first kappa shape index (κ1) is 23.9. The normalized spacial score (nSPS) is 25.9. The number of hydrogen-bond donors (Lipinski definition) is 0. The highest BCUT2D eigenvalue weighted by Crippen LogP contribution is 2.44. The van der Waals surface area contributed by atoms with E-state index >= 15 is 0 Å². The summed E-state index contributed by atoms with van der Waals surface area (Å²) >= 11 is 0. The van der Waals surface area contributed by atoms with Crippen molar-refractivity contribution in [3.63, 3.8) is 0 Å². The van der Waals surface area contributed by atoms with Gasteiger partial charge >= 0.3 is 0 Å². The van der Waals surface area contributed by atoms with Gasteiger partial charge < -0.3 is 4.74 Å². The molecule has 1 heteroatoms. The third-order valence-corrected chi connectivity index (χ3v) is 7.80. The van der Waals surface area contributed by atoms with Crippen LogP contribution in [0.4, 0.5) is 0 Å². The Balaban J connectivity index is 0.000000254. The van der Waals surface area contributed by atoms with Gasteiger partial charge in [-0.15, -0.1) is 0 Å². The number of aryl methyl sites for hydroxylation is 2. The zero-order valence-corrected chi connectivity index (χ0v) is 20.4. The summed E-state index contributed by atoms with van der Waals surface area (Å²) < 4.78 is 4.97. The third-order valence-electron chi connectivity index (χ3n) is 7.80. The largest absolute Gasteiger partial charge is 0.497 e. The van der Waals surface area contributed by atoms with Crippen molar-refractivity contribution in [1.29, 1.82) is 0 Å². The van der Waals surface area contributed by atoms with Crippen LogP contribution >= 0.6 is 0 Å². The van der Waals surface area contributed by atoms with E-state index < -0.39 is 0 Å². The molecule has 0 bridgehead atoms. The minimum Gasteiger partial charge on any atom is -0.497 e. The van der Waals surface area contributed by atoms with Gasteiger partial charge in [0.2, 0.25) is 0 Å². The van der Waals surface area contributed by atoms with Crippen molar-refractivity contribution in [2.24, 2.45) is 17.8 Å². The van der Waals surface area contributed by atoms with Crippen LogP contribution in [0.15, 0.2) is 48.5 Å². The molecule has 0 radical (unpaired) electrons. The van der Waals surface area contributed by atoms with Crippen LogP contribution < -0.4 is 4.74 Å². The fourth-order valence-electron chi connectivity index (χ4n) is 5.88. The molecular weight excluding hydrogens is 376 g/mol. The predicted molar refractivity (Wildman–Crippen MR) is 134 cm³/mol. The number of hydrogen-bond acceptors (Lipinski definition) is 1. The van der Waals surface area contributed by atoms with E-state index in [1.807, 2.05) is 24.3 Å². The highest BCUT2D eigenvalue weighted by Gasteiger charge is 2.31. The van der Waals surface area contributed by atoms with Gasteiger partial charge in [0.1, 0.15) is 5.75 Å². The summed E-state index contributed by atoms with van der Waals surface area (Å²) in [6, 6.07) is 17.2. The first-order chi connectivity index (χ1) is 15.1. The van der Waals surface area contributed by atoms with Gasteiger partial charge in [0.25, 0.3) is 0 Å². The van der Waals surface area contributed by atoms with Crippen LogP contribution in [0, 0.1) is 31.6 Å². The minimum absolute atomic E-state index is 0.840. The molecule has 0 amide bonds. The van der Waals surface area contributed by atoms with E-state index in [0.717, 1.165) is 29.4 Å². The van der Waals surface area contributed by atoms with Crippen molar-refractivity contribution < 1.29 is 4.74 Å². The molecule has 0 N–H and O–H groups in total. The van der Waals surface area contributed by atoms with E-state index in [0.29, 0.717) is 0 Å². The summed E-state index contributed by atoms with van der Waals surface area (Å²) in [6.45, 7) is 6.63.